The highest BCUT2D eigenvalue weighted by molar-refractivity contribution is 9.11. The SMILES string of the molecule is Cc1sc(Br)cc1C(=O)NC1(C#N)CC1. The molecule has 1 fully saturated rings. The van der Waals surface area contributed by atoms with Gasteiger partial charge in [0.15, 0.2) is 0 Å². The molecule has 0 radical (unpaired) electrons. The largest absolute Gasteiger partial charge is 0.334 e. The van der Waals surface area contributed by atoms with E-state index in [2.05, 4.69) is 27.3 Å². The Morgan fingerprint density at radius 1 is 1.73 bits per heavy atom. The number of aryl methyl sites for hydroxylation is 1. The summed E-state index contributed by atoms with van der Waals surface area (Å²) >= 11 is 4.86. The lowest BCUT2D eigenvalue weighted by molar-refractivity contribution is 0.0941. The summed E-state index contributed by atoms with van der Waals surface area (Å²) in [7, 11) is 0. The zero-order chi connectivity index (χ0) is 11.1. The Morgan fingerprint density at radius 2 is 2.40 bits per heavy atom. The van der Waals surface area contributed by atoms with Crippen molar-refractivity contribution in [2.24, 2.45) is 0 Å². The topological polar surface area (TPSA) is 52.9 Å². The summed E-state index contributed by atoms with van der Waals surface area (Å²) in [5.41, 5.74) is 0.0752. The lowest BCUT2D eigenvalue weighted by Crippen LogP contribution is -2.35. The van der Waals surface area contributed by atoms with Crippen molar-refractivity contribution < 1.29 is 4.79 Å². The van der Waals surface area contributed by atoms with E-state index < -0.39 is 5.54 Å². The number of halogens is 1. The summed E-state index contributed by atoms with van der Waals surface area (Å²) in [6.45, 7) is 1.90. The van der Waals surface area contributed by atoms with Gasteiger partial charge in [-0.05, 0) is 41.8 Å². The molecular formula is C10H9BrN2OS. The second kappa shape index (κ2) is 3.62. The number of carbonyl (C=O) groups is 1. The lowest BCUT2D eigenvalue weighted by Gasteiger charge is -2.08. The van der Waals surface area contributed by atoms with E-state index >= 15 is 0 Å². The van der Waals surface area contributed by atoms with Crippen LogP contribution in [0.2, 0.25) is 0 Å². The molecule has 15 heavy (non-hydrogen) atoms. The number of amides is 1. The zero-order valence-corrected chi connectivity index (χ0v) is 10.5. The number of nitrogens with one attached hydrogen (secondary N) is 1. The van der Waals surface area contributed by atoms with Crippen LogP contribution in [0.1, 0.15) is 28.1 Å². The van der Waals surface area contributed by atoms with Crippen LogP contribution in [0.4, 0.5) is 0 Å². The van der Waals surface area contributed by atoms with E-state index in [1.807, 2.05) is 6.92 Å². The van der Waals surface area contributed by atoms with Gasteiger partial charge in [-0.3, -0.25) is 4.79 Å². The molecule has 1 aromatic heterocycles. The third-order valence-corrected chi connectivity index (χ3v) is 4.00. The highest BCUT2D eigenvalue weighted by atomic mass is 79.9. The van der Waals surface area contributed by atoms with Gasteiger partial charge in [-0.2, -0.15) is 5.26 Å². The van der Waals surface area contributed by atoms with Gasteiger partial charge in [0.25, 0.3) is 5.91 Å². The van der Waals surface area contributed by atoms with Gasteiger partial charge in [-0.1, -0.05) is 0 Å². The van der Waals surface area contributed by atoms with E-state index in [1.165, 1.54) is 11.3 Å². The van der Waals surface area contributed by atoms with Crippen LogP contribution < -0.4 is 5.32 Å². The maximum Gasteiger partial charge on any atom is 0.253 e. The Kier molecular flexibility index (Phi) is 2.57. The van der Waals surface area contributed by atoms with Crippen LogP contribution in [0, 0.1) is 18.3 Å². The quantitative estimate of drug-likeness (QED) is 0.908. The van der Waals surface area contributed by atoms with Gasteiger partial charge in [0.1, 0.15) is 5.54 Å². The molecule has 1 aromatic rings. The summed E-state index contributed by atoms with van der Waals surface area (Å²) in [6, 6.07) is 3.93. The molecule has 78 valence electrons. The number of hydrogen-bond acceptors (Lipinski definition) is 3. The summed E-state index contributed by atoms with van der Waals surface area (Å²) in [5, 5.41) is 11.6. The number of rotatable bonds is 2. The van der Waals surface area contributed by atoms with Gasteiger partial charge >= 0.3 is 0 Å². The number of nitrogens with zero attached hydrogens (tertiary/aromatic N) is 1. The van der Waals surface area contributed by atoms with E-state index in [4.69, 9.17) is 5.26 Å². The second-order valence-corrected chi connectivity index (χ2v) is 6.30. The molecule has 1 aliphatic carbocycles. The molecule has 2 rings (SSSR count). The first-order valence-electron chi connectivity index (χ1n) is 4.56. The average Bonchev–Trinajstić information content (AvgIpc) is 2.86. The molecule has 3 nitrogen and oxygen atoms in total. The predicted molar refractivity (Wildman–Crippen MR) is 61.8 cm³/mol. The summed E-state index contributed by atoms with van der Waals surface area (Å²) in [4.78, 5) is 12.8. The number of nitriles is 1. The van der Waals surface area contributed by atoms with Crippen LogP contribution in [0.5, 0.6) is 0 Å². The molecule has 1 amide bonds. The zero-order valence-electron chi connectivity index (χ0n) is 8.13. The van der Waals surface area contributed by atoms with Crippen LogP contribution >= 0.6 is 27.3 Å². The molecule has 0 atom stereocenters. The van der Waals surface area contributed by atoms with Crippen molar-refractivity contribution in [1.29, 1.82) is 5.26 Å². The molecule has 1 heterocycles. The highest BCUT2D eigenvalue weighted by Gasteiger charge is 2.44. The first-order chi connectivity index (χ1) is 7.06. The van der Waals surface area contributed by atoms with Gasteiger partial charge in [0.2, 0.25) is 0 Å². The van der Waals surface area contributed by atoms with Crippen molar-refractivity contribution in [3.8, 4) is 6.07 Å². The van der Waals surface area contributed by atoms with Crippen molar-refractivity contribution in [1.82, 2.24) is 5.32 Å². The average molecular weight is 285 g/mol. The normalized spacial score (nSPS) is 16.9. The van der Waals surface area contributed by atoms with Crippen molar-refractivity contribution in [3.63, 3.8) is 0 Å². The molecule has 1 aliphatic rings. The van der Waals surface area contributed by atoms with Crippen LogP contribution in [-0.2, 0) is 0 Å². The van der Waals surface area contributed by atoms with Gasteiger partial charge in [-0.25, -0.2) is 0 Å². The molecule has 1 saturated carbocycles. The minimum absolute atomic E-state index is 0.145. The summed E-state index contributed by atoms with van der Waals surface area (Å²) in [6.07, 6.45) is 1.53. The first kappa shape index (κ1) is 10.7. The molecular weight excluding hydrogens is 276 g/mol. The Balaban J connectivity index is 2.16. The lowest BCUT2D eigenvalue weighted by atomic mass is 10.2. The molecule has 0 spiro atoms. The fraction of sp³-hybridized carbons (Fsp3) is 0.400. The maximum absolute atomic E-state index is 11.8. The number of carbonyl (C=O) groups excluding carboxylic acids is 1. The Hall–Kier alpha value is -0.860. The summed E-state index contributed by atoms with van der Waals surface area (Å²) < 4.78 is 0.937. The van der Waals surface area contributed by atoms with Crippen molar-refractivity contribution >= 4 is 33.2 Å². The molecule has 0 aromatic carbocycles. The smallest absolute Gasteiger partial charge is 0.253 e. The van der Waals surface area contributed by atoms with Crippen LogP contribution in [0.25, 0.3) is 0 Å². The van der Waals surface area contributed by atoms with Crippen LogP contribution in [0.15, 0.2) is 9.85 Å². The Labute approximate surface area is 100 Å². The summed E-state index contributed by atoms with van der Waals surface area (Å²) in [5.74, 6) is -0.145. The number of thiophene rings is 1. The van der Waals surface area contributed by atoms with Gasteiger partial charge < -0.3 is 5.32 Å². The fourth-order valence-corrected chi connectivity index (χ4v) is 3.03. The van der Waals surface area contributed by atoms with E-state index in [0.29, 0.717) is 5.56 Å². The third kappa shape index (κ3) is 2.06. The highest BCUT2D eigenvalue weighted by Crippen LogP contribution is 2.35. The van der Waals surface area contributed by atoms with Crippen molar-refractivity contribution in [3.05, 3.63) is 20.3 Å². The van der Waals surface area contributed by atoms with E-state index in [-0.39, 0.29) is 5.91 Å². The molecule has 1 N–H and O–H groups in total. The molecule has 0 unspecified atom stereocenters. The van der Waals surface area contributed by atoms with Crippen LogP contribution in [-0.4, -0.2) is 11.4 Å². The third-order valence-electron chi connectivity index (χ3n) is 2.45. The predicted octanol–water partition coefficient (Wildman–Crippen LogP) is 2.61. The van der Waals surface area contributed by atoms with Gasteiger partial charge in [0.05, 0.1) is 15.4 Å². The standard InChI is InChI=1S/C10H9BrN2OS/c1-6-7(4-8(11)15-6)9(14)13-10(5-12)2-3-10/h4H,2-3H2,1H3,(H,13,14). The fourth-order valence-electron chi connectivity index (χ4n) is 1.35. The van der Waals surface area contributed by atoms with Gasteiger partial charge in [-0.15, -0.1) is 11.3 Å². The van der Waals surface area contributed by atoms with E-state index in [0.717, 1.165) is 21.5 Å². The van der Waals surface area contributed by atoms with E-state index in [1.54, 1.807) is 6.07 Å². The maximum atomic E-state index is 11.8. The minimum Gasteiger partial charge on any atom is -0.334 e. The molecule has 0 bridgehead atoms. The number of hydrogen-bond donors (Lipinski definition) is 1. The minimum atomic E-state index is -0.585. The molecule has 0 saturated heterocycles. The van der Waals surface area contributed by atoms with Crippen LogP contribution in [0.3, 0.4) is 0 Å². The van der Waals surface area contributed by atoms with Crippen molar-refractivity contribution in [2.45, 2.75) is 25.3 Å². The monoisotopic (exact) mass is 284 g/mol. The molecule has 0 aliphatic heterocycles. The first-order valence-corrected chi connectivity index (χ1v) is 6.17. The van der Waals surface area contributed by atoms with E-state index in [9.17, 15) is 4.79 Å². The molecule has 5 heteroatoms. The Morgan fingerprint density at radius 3 is 2.80 bits per heavy atom. The Bertz CT molecular complexity index is 456. The van der Waals surface area contributed by atoms with Gasteiger partial charge in [0, 0.05) is 4.88 Å². The van der Waals surface area contributed by atoms with Crippen molar-refractivity contribution in [2.75, 3.05) is 0 Å². The second-order valence-electron chi connectivity index (χ2n) is 3.67.